The largest absolute Gasteiger partial charge is 0.515 e. The fraction of sp³-hybridized carbons (Fsp3) is 0.667. The van der Waals surface area contributed by atoms with Gasteiger partial charge in [0.05, 0.1) is 0 Å². The van der Waals surface area contributed by atoms with Crippen LogP contribution in [0.3, 0.4) is 0 Å². The molecule has 58 heavy (non-hydrogen) atoms. The Labute approximate surface area is 342 Å². The van der Waals surface area contributed by atoms with Crippen LogP contribution in [-0.2, 0) is 18.9 Å². The summed E-state index contributed by atoms with van der Waals surface area (Å²) in [5.74, 6) is -0.137. The number of piperidine rings is 2. The second kappa shape index (κ2) is 19.8. The Balaban J connectivity index is 0.000000310. The van der Waals surface area contributed by atoms with Crippen molar-refractivity contribution in [3.63, 3.8) is 0 Å². The zero-order chi connectivity index (χ0) is 43.6. The van der Waals surface area contributed by atoms with Gasteiger partial charge in [-0.05, 0) is 108 Å². The van der Waals surface area contributed by atoms with Crippen LogP contribution >= 0.6 is 0 Å². The lowest BCUT2D eigenvalue weighted by molar-refractivity contribution is 0.00896. The number of aliphatic hydroxyl groups is 2. The van der Waals surface area contributed by atoms with E-state index in [9.17, 15) is 29.4 Å². The molecule has 2 aromatic heterocycles. The van der Waals surface area contributed by atoms with Gasteiger partial charge in [0.2, 0.25) is 11.8 Å². The van der Waals surface area contributed by atoms with E-state index in [0.29, 0.717) is 50.4 Å². The lowest BCUT2D eigenvalue weighted by Gasteiger charge is -2.37. The predicted molar refractivity (Wildman–Crippen MR) is 214 cm³/mol. The summed E-state index contributed by atoms with van der Waals surface area (Å²) < 4.78 is 31.6. The van der Waals surface area contributed by atoms with E-state index in [1.807, 2.05) is 53.7 Å². The van der Waals surface area contributed by atoms with Crippen molar-refractivity contribution in [1.82, 2.24) is 19.8 Å². The highest BCUT2D eigenvalue weighted by Crippen LogP contribution is 2.33. The normalized spacial score (nSPS) is 20.2. The minimum atomic E-state index is -0.825. The lowest BCUT2D eigenvalue weighted by Crippen LogP contribution is -2.46. The number of likely N-dealkylation sites (tertiary alicyclic amines) is 2. The van der Waals surface area contributed by atoms with Crippen molar-refractivity contribution in [2.75, 3.05) is 39.4 Å². The van der Waals surface area contributed by atoms with Crippen LogP contribution in [0.5, 0.6) is 11.8 Å². The van der Waals surface area contributed by atoms with Crippen molar-refractivity contribution >= 4 is 24.5 Å². The zero-order valence-corrected chi connectivity index (χ0v) is 36.2. The molecule has 16 nitrogen and oxygen atoms in total. The van der Waals surface area contributed by atoms with Crippen molar-refractivity contribution in [3.8, 4) is 11.8 Å². The highest BCUT2D eigenvalue weighted by molar-refractivity contribution is 5.69. The van der Waals surface area contributed by atoms with Crippen LogP contribution in [0, 0.1) is 11.8 Å². The first kappa shape index (κ1) is 47.7. The number of rotatable bonds is 6. The van der Waals surface area contributed by atoms with Gasteiger partial charge in [0, 0.05) is 86.6 Å². The highest BCUT2D eigenvalue weighted by atomic mass is 16.7. The van der Waals surface area contributed by atoms with Gasteiger partial charge in [-0.25, -0.2) is 29.1 Å². The molecule has 0 aromatic carbocycles. The van der Waals surface area contributed by atoms with E-state index in [4.69, 9.17) is 28.4 Å². The molecule has 2 aliphatic rings. The molecular formula is C42H64N4O12. The Morgan fingerprint density at radius 2 is 0.879 bits per heavy atom. The number of aliphatic hydroxyl groups excluding tert-OH is 2. The van der Waals surface area contributed by atoms with Gasteiger partial charge in [0.1, 0.15) is 22.4 Å². The summed E-state index contributed by atoms with van der Waals surface area (Å²) >= 11 is 0. The Kier molecular flexibility index (Phi) is 16.3. The van der Waals surface area contributed by atoms with Crippen LogP contribution < -0.4 is 9.47 Å². The van der Waals surface area contributed by atoms with Crippen LogP contribution in [-0.4, -0.2) is 116 Å². The first-order valence-corrected chi connectivity index (χ1v) is 19.7. The fourth-order valence-corrected chi connectivity index (χ4v) is 6.19. The van der Waals surface area contributed by atoms with Crippen molar-refractivity contribution < 1.29 is 57.8 Å². The molecule has 0 radical (unpaired) electrons. The maximum atomic E-state index is 12.5. The first-order chi connectivity index (χ1) is 26.7. The summed E-state index contributed by atoms with van der Waals surface area (Å²) in [6.45, 7) is 23.0. The summed E-state index contributed by atoms with van der Waals surface area (Å²) in [6.07, 6.45) is -1.15. The second-order valence-corrected chi connectivity index (χ2v) is 18.7. The van der Waals surface area contributed by atoms with Gasteiger partial charge in [0.15, 0.2) is 0 Å². The molecular weight excluding hydrogens is 752 g/mol. The van der Waals surface area contributed by atoms with Crippen molar-refractivity contribution in [1.29, 1.82) is 0 Å². The van der Waals surface area contributed by atoms with Gasteiger partial charge in [-0.1, -0.05) is 12.1 Å². The molecule has 324 valence electrons. The quantitative estimate of drug-likeness (QED) is 0.215. The number of nitrogens with zero attached hydrogens (tertiary/aromatic N) is 4. The third kappa shape index (κ3) is 17.0. The molecule has 0 unspecified atom stereocenters. The molecule has 2 fully saturated rings. The van der Waals surface area contributed by atoms with E-state index < -0.39 is 46.9 Å². The van der Waals surface area contributed by atoms with Gasteiger partial charge in [-0.2, -0.15) is 0 Å². The van der Waals surface area contributed by atoms with Gasteiger partial charge >= 0.3 is 24.5 Å². The molecule has 2 amide bonds. The van der Waals surface area contributed by atoms with Gasteiger partial charge in [0.25, 0.3) is 0 Å². The summed E-state index contributed by atoms with van der Waals surface area (Å²) in [7, 11) is 0. The molecule has 0 bridgehead atoms. The summed E-state index contributed by atoms with van der Waals surface area (Å²) in [5, 5.41) is 19.4. The second-order valence-electron chi connectivity index (χ2n) is 18.7. The van der Waals surface area contributed by atoms with E-state index in [0.717, 1.165) is 0 Å². The zero-order valence-electron chi connectivity index (χ0n) is 36.2. The topological polar surface area (TPSA) is 196 Å². The number of hydrogen-bond acceptors (Lipinski definition) is 14. The smallest absolute Gasteiger partial charge is 0.444 e. The minimum Gasteiger partial charge on any atom is -0.444 e. The third-order valence-corrected chi connectivity index (χ3v) is 8.38. The van der Waals surface area contributed by atoms with Crippen LogP contribution in [0.25, 0.3) is 0 Å². The van der Waals surface area contributed by atoms with Crippen LogP contribution in [0.4, 0.5) is 19.2 Å². The molecule has 2 aliphatic heterocycles. The molecule has 4 atom stereocenters. The van der Waals surface area contributed by atoms with E-state index in [1.54, 1.807) is 75.6 Å². The number of amides is 2. The van der Waals surface area contributed by atoms with E-state index in [-0.39, 0.29) is 48.6 Å². The summed E-state index contributed by atoms with van der Waals surface area (Å²) in [4.78, 5) is 60.9. The first-order valence-electron chi connectivity index (χ1n) is 19.7. The molecule has 16 heteroatoms. The Hall–Kier alpha value is -4.70. The van der Waals surface area contributed by atoms with Gasteiger partial charge < -0.3 is 48.4 Å². The molecule has 2 saturated heterocycles. The molecule has 4 rings (SSSR count). The SMILES string of the molecule is CC(C)(C)OC(=O)Oc1cccc([C@@H]2C[C@H](CO)CN(C(=O)OC(C)(C)C)C2)n1.CC(C)(C)OC(=O)Oc1cccc([C@@H]2C[C@H](CO)CN(C(=O)OC(C)(C)C)C2)n1. The maximum Gasteiger partial charge on any atom is 0.515 e. The van der Waals surface area contributed by atoms with Gasteiger partial charge in [-0.15, -0.1) is 0 Å². The molecule has 2 aromatic rings. The van der Waals surface area contributed by atoms with E-state index >= 15 is 0 Å². The minimum absolute atomic E-state index is 0.0378. The summed E-state index contributed by atoms with van der Waals surface area (Å²) in [6, 6.07) is 10.3. The average molecular weight is 817 g/mol. The molecule has 0 saturated carbocycles. The standard InChI is InChI=1S/2C21H32N2O6/c2*1-20(2,3)28-18(25)23-11-14(13-24)10-15(12-23)16-8-7-9-17(22-16)27-19(26)29-21(4,5)6/h2*7-9,14-15,24H,10-13H2,1-6H3/t2*14-,15+/m00/s1. The number of carbonyl (C=O) groups is 4. The van der Waals surface area contributed by atoms with Gasteiger partial charge in [-0.3, -0.25) is 0 Å². The molecule has 2 N–H and O–H groups in total. The molecule has 0 aliphatic carbocycles. The summed E-state index contributed by atoms with van der Waals surface area (Å²) in [5.41, 5.74) is -1.17. The Morgan fingerprint density at radius 3 is 1.17 bits per heavy atom. The number of ether oxygens (including phenoxy) is 6. The number of carbonyl (C=O) groups excluding carboxylic acids is 4. The number of hydrogen-bond donors (Lipinski definition) is 2. The van der Waals surface area contributed by atoms with Crippen molar-refractivity contribution in [2.45, 2.75) is 130 Å². The molecule has 0 spiro atoms. The number of pyridine rings is 2. The number of aromatic nitrogens is 2. The maximum absolute atomic E-state index is 12.5. The fourth-order valence-electron chi connectivity index (χ4n) is 6.19. The van der Waals surface area contributed by atoms with E-state index in [2.05, 4.69) is 9.97 Å². The van der Waals surface area contributed by atoms with Crippen LogP contribution in [0.15, 0.2) is 36.4 Å². The van der Waals surface area contributed by atoms with Crippen molar-refractivity contribution in [3.05, 3.63) is 47.8 Å². The lowest BCUT2D eigenvalue weighted by atomic mass is 9.87. The van der Waals surface area contributed by atoms with Crippen LogP contribution in [0.2, 0.25) is 0 Å². The van der Waals surface area contributed by atoms with E-state index in [1.165, 1.54) is 0 Å². The third-order valence-electron chi connectivity index (χ3n) is 8.38. The van der Waals surface area contributed by atoms with Crippen molar-refractivity contribution in [2.24, 2.45) is 11.8 Å². The monoisotopic (exact) mass is 816 g/mol. The Bertz CT molecular complexity index is 1570. The Morgan fingerprint density at radius 1 is 0.552 bits per heavy atom. The average Bonchev–Trinajstić information content (AvgIpc) is 3.08. The molecule has 4 heterocycles. The highest BCUT2D eigenvalue weighted by Gasteiger charge is 2.35. The predicted octanol–water partition coefficient (Wildman–Crippen LogP) is 7.46. The van der Waals surface area contributed by atoms with Crippen LogP contribution in [0.1, 0.15) is 119 Å².